The number of fused-ring (bicyclic) bond motifs is 1. The molecule has 106 valence electrons. The van der Waals surface area contributed by atoms with Crippen molar-refractivity contribution in [2.24, 2.45) is 0 Å². The van der Waals surface area contributed by atoms with Gasteiger partial charge in [0.15, 0.2) is 0 Å². The lowest BCUT2D eigenvalue weighted by atomic mass is 9.97. The molecule has 21 heavy (non-hydrogen) atoms. The molecule has 0 amide bonds. The molecule has 4 nitrogen and oxygen atoms in total. The Hall–Kier alpha value is -1.85. The number of halogens is 1. The number of thiophene rings is 1. The molecule has 6 heteroatoms. The zero-order valence-electron chi connectivity index (χ0n) is 11.1. The maximum atomic E-state index is 5.98. The number of rotatable bonds is 2. The second-order valence-electron chi connectivity index (χ2n) is 5.04. The van der Waals surface area contributed by atoms with E-state index in [1.807, 2.05) is 16.8 Å². The minimum atomic E-state index is 0.214. The first kappa shape index (κ1) is 12.9. The first-order valence-corrected chi connectivity index (χ1v) is 8.02. The van der Waals surface area contributed by atoms with Gasteiger partial charge in [-0.1, -0.05) is 29.8 Å². The van der Waals surface area contributed by atoms with E-state index in [1.165, 1.54) is 10.4 Å². The maximum Gasteiger partial charge on any atom is 0.222 e. The molecule has 3 aromatic rings. The van der Waals surface area contributed by atoms with Gasteiger partial charge in [-0.05, 0) is 35.6 Å². The van der Waals surface area contributed by atoms with Crippen molar-refractivity contribution < 1.29 is 0 Å². The van der Waals surface area contributed by atoms with E-state index in [4.69, 9.17) is 11.6 Å². The average Bonchev–Trinajstić information content (AvgIpc) is 3.18. The van der Waals surface area contributed by atoms with E-state index in [9.17, 15) is 0 Å². The lowest BCUT2D eigenvalue weighted by molar-refractivity contribution is 0.436. The maximum absolute atomic E-state index is 5.98. The lowest BCUT2D eigenvalue weighted by Gasteiger charge is -2.31. The van der Waals surface area contributed by atoms with Crippen LogP contribution in [0.25, 0.3) is 0 Å². The number of hydrogen-bond acceptors (Lipinski definition) is 4. The topological polar surface area (TPSA) is 42.7 Å². The van der Waals surface area contributed by atoms with E-state index in [-0.39, 0.29) is 12.1 Å². The quantitative estimate of drug-likeness (QED) is 0.772. The molecule has 0 radical (unpaired) electrons. The van der Waals surface area contributed by atoms with Crippen molar-refractivity contribution in [3.05, 3.63) is 63.6 Å². The highest BCUT2D eigenvalue weighted by Gasteiger charge is 2.30. The van der Waals surface area contributed by atoms with Crippen LogP contribution in [0.2, 0.25) is 5.02 Å². The predicted molar refractivity (Wildman–Crippen MR) is 84.9 cm³/mol. The standard InChI is InChI=1S/C15H13ClN4S/c16-11-5-3-10(4-6-11)12-8-13(14-2-1-7-21-14)20-15(19-12)17-9-18-20/h1-7,9,12-13H,8H2,(H,17,18,19)/t12-,13-/m1/s1. The summed E-state index contributed by atoms with van der Waals surface area (Å²) in [5.41, 5.74) is 1.22. The molecule has 0 aliphatic carbocycles. The fraction of sp³-hybridized carbons (Fsp3) is 0.200. The van der Waals surface area contributed by atoms with E-state index in [0.29, 0.717) is 0 Å². The van der Waals surface area contributed by atoms with Gasteiger partial charge in [0.05, 0.1) is 12.1 Å². The van der Waals surface area contributed by atoms with Crippen molar-refractivity contribution >= 4 is 28.9 Å². The van der Waals surface area contributed by atoms with Crippen molar-refractivity contribution in [2.45, 2.75) is 18.5 Å². The van der Waals surface area contributed by atoms with Crippen LogP contribution < -0.4 is 5.32 Å². The molecule has 1 aromatic carbocycles. The van der Waals surface area contributed by atoms with Crippen molar-refractivity contribution in [3.8, 4) is 0 Å². The summed E-state index contributed by atoms with van der Waals surface area (Å²) in [6.45, 7) is 0. The number of nitrogens with zero attached hydrogens (tertiary/aromatic N) is 3. The molecule has 0 unspecified atom stereocenters. The highest BCUT2D eigenvalue weighted by atomic mass is 35.5. The summed E-state index contributed by atoms with van der Waals surface area (Å²) in [5, 5.41) is 10.7. The van der Waals surface area contributed by atoms with E-state index in [0.717, 1.165) is 17.4 Å². The van der Waals surface area contributed by atoms with Gasteiger partial charge in [-0.3, -0.25) is 0 Å². The van der Waals surface area contributed by atoms with Gasteiger partial charge in [0, 0.05) is 9.90 Å². The fourth-order valence-corrected chi connectivity index (χ4v) is 3.70. The largest absolute Gasteiger partial charge is 0.348 e. The van der Waals surface area contributed by atoms with Crippen molar-refractivity contribution in [3.63, 3.8) is 0 Å². The summed E-state index contributed by atoms with van der Waals surface area (Å²) in [5.74, 6) is 0.819. The Bertz CT molecular complexity index is 735. The van der Waals surface area contributed by atoms with Crippen molar-refractivity contribution in [2.75, 3.05) is 5.32 Å². The number of nitrogens with one attached hydrogen (secondary N) is 1. The summed E-state index contributed by atoms with van der Waals surface area (Å²) >= 11 is 7.74. The molecule has 0 saturated carbocycles. The Morgan fingerprint density at radius 1 is 1.24 bits per heavy atom. The summed E-state index contributed by atoms with van der Waals surface area (Å²) < 4.78 is 1.97. The molecule has 0 spiro atoms. The Morgan fingerprint density at radius 2 is 2.10 bits per heavy atom. The molecule has 1 N–H and O–H groups in total. The molecule has 0 bridgehead atoms. The smallest absolute Gasteiger partial charge is 0.222 e. The van der Waals surface area contributed by atoms with Gasteiger partial charge in [0.1, 0.15) is 6.33 Å². The Kier molecular flexibility index (Phi) is 3.16. The first-order valence-electron chi connectivity index (χ1n) is 6.76. The summed E-state index contributed by atoms with van der Waals surface area (Å²) in [7, 11) is 0. The van der Waals surface area contributed by atoms with E-state index >= 15 is 0 Å². The minimum Gasteiger partial charge on any atom is -0.348 e. The number of hydrogen-bond donors (Lipinski definition) is 1. The monoisotopic (exact) mass is 316 g/mol. The van der Waals surface area contributed by atoms with Crippen LogP contribution in [-0.4, -0.2) is 14.8 Å². The average molecular weight is 317 g/mol. The minimum absolute atomic E-state index is 0.214. The molecule has 4 rings (SSSR count). The van der Waals surface area contributed by atoms with Crippen molar-refractivity contribution in [1.29, 1.82) is 0 Å². The molecule has 0 saturated heterocycles. The number of aromatic nitrogens is 3. The second kappa shape index (κ2) is 5.16. The number of anilines is 1. The SMILES string of the molecule is Clc1ccc([C@H]2C[C@H](c3cccs3)n3ncnc3N2)cc1. The van der Waals surface area contributed by atoms with Crippen LogP contribution in [0.15, 0.2) is 48.1 Å². The van der Waals surface area contributed by atoms with Crippen molar-refractivity contribution in [1.82, 2.24) is 14.8 Å². The van der Waals surface area contributed by atoms with Crippen LogP contribution >= 0.6 is 22.9 Å². The Balaban J connectivity index is 1.72. The zero-order valence-corrected chi connectivity index (χ0v) is 12.7. The zero-order chi connectivity index (χ0) is 14.2. The van der Waals surface area contributed by atoms with Crippen LogP contribution in [0.1, 0.15) is 28.9 Å². The van der Waals surface area contributed by atoms with Gasteiger partial charge >= 0.3 is 0 Å². The molecular weight excluding hydrogens is 304 g/mol. The second-order valence-corrected chi connectivity index (χ2v) is 6.46. The van der Waals surface area contributed by atoms with Gasteiger partial charge in [0.2, 0.25) is 5.95 Å². The molecule has 1 aliphatic heterocycles. The third-order valence-electron chi connectivity index (χ3n) is 3.77. The first-order chi connectivity index (χ1) is 10.3. The number of benzene rings is 1. The molecule has 2 aromatic heterocycles. The summed E-state index contributed by atoms with van der Waals surface area (Å²) in [4.78, 5) is 5.64. The van der Waals surface area contributed by atoms with Crippen LogP contribution in [0.5, 0.6) is 0 Å². The molecule has 0 fully saturated rings. The van der Waals surface area contributed by atoms with Gasteiger partial charge < -0.3 is 5.32 Å². The van der Waals surface area contributed by atoms with Gasteiger partial charge in [-0.15, -0.1) is 11.3 Å². The van der Waals surface area contributed by atoms with Crippen LogP contribution in [-0.2, 0) is 0 Å². The summed E-state index contributed by atoms with van der Waals surface area (Å²) in [6, 6.07) is 12.7. The van der Waals surface area contributed by atoms with Crippen LogP contribution in [0.4, 0.5) is 5.95 Å². The normalized spacial score (nSPS) is 20.8. The predicted octanol–water partition coefficient (Wildman–Crippen LogP) is 4.14. The Morgan fingerprint density at radius 3 is 2.86 bits per heavy atom. The molecule has 2 atom stereocenters. The Labute approximate surface area is 131 Å². The van der Waals surface area contributed by atoms with Crippen LogP contribution in [0, 0.1) is 0 Å². The van der Waals surface area contributed by atoms with E-state index < -0.39 is 0 Å². The highest BCUT2D eigenvalue weighted by molar-refractivity contribution is 7.10. The third kappa shape index (κ3) is 2.32. The molecular formula is C15H13ClN4S. The lowest BCUT2D eigenvalue weighted by Crippen LogP contribution is -2.27. The van der Waals surface area contributed by atoms with E-state index in [1.54, 1.807) is 17.7 Å². The van der Waals surface area contributed by atoms with Gasteiger partial charge in [0.25, 0.3) is 0 Å². The molecule has 3 heterocycles. The van der Waals surface area contributed by atoms with E-state index in [2.05, 4.69) is 45.0 Å². The van der Waals surface area contributed by atoms with Crippen LogP contribution in [0.3, 0.4) is 0 Å². The van der Waals surface area contributed by atoms with Gasteiger partial charge in [-0.2, -0.15) is 10.1 Å². The molecule has 1 aliphatic rings. The van der Waals surface area contributed by atoms with Gasteiger partial charge in [-0.25, -0.2) is 4.68 Å². The summed E-state index contributed by atoms with van der Waals surface area (Å²) in [6.07, 6.45) is 2.55. The fourth-order valence-electron chi connectivity index (χ4n) is 2.75. The third-order valence-corrected chi connectivity index (χ3v) is 5.00. The highest BCUT2D eigenvalue weighted by Crippen LogP contribution is 2.38.